The number of likely N-dealkylation sites (tertiary alicyclic amines) is 1. The second-order valence-corrected chi connectivity index (χ2v) is 7.84. The topological polar surface area (TPSA) is 42.0 Å². The van der Waals surface area contributed by atoms with Crippen molar-refractivity contribution in [2.45, 2.75) is 31.5 Å². The molecule has 2 aliphatic heterocycles. The first-order chi connectivity index (χ1) is 14.6. The van der Waals surface area contributed by atoms with Crippen molar-refractivity contribution in [3.63, 3.8) is 0 Å². The predicted molar refractivity (Wildman–Crippen MR) is 108 cm³/mol. The van der Waals surface area contributed by atoms with Crippen LogP contribution in [0, 0.1) is 11.6 Å². The van der Waals surface area contributed by atoms with E-state index in [0.717, 1.165) is 25.9 Å². The van der Waals surface area contributed by atoms with Crippen molar-refractivity contribution in [1.82, 2.24) is 9.80 Å². The van der Waals surface area contributed by atoms with Gasteiger partial charge in [0.15, 0.2) is 0 Å². The Hall–Kier alpha value is -2.51. The maximum Gasteiger partial charge on any atom is 0.248 e. The Bertz CT molecular complexity index is 854. The van der Waals surface area contributed by atoms with Gasteiger partial charge in [0.2, 0.25) is 5.91 Å². The number of nitrogens with zero attached hydrogens (tertiary/aromatic N) is 2. The minimum atomic E-state index is -0.311. The molecule has 30 heavy (non-hydrogen) atoms. The fraction of sp³-hybridized carbons (Fsp3) is 0.435. The third kappa shape index (κ3) is 5.15. The molecule has 4 rings (SSSR count). The van der Waals surface area contributed by atoms with Gasteiger partial charge in [-0.05, 0) is 43.2 Å². The first-order valence-corrected chi connectivity index (χ1v) is 10.3. The fourth-order valence-electron chi connectivity index (χ4n) is 4.08. The number of ether oxygens (including phenoxy) is 2. The molecule has 2 aromatic rings. The molecule has 1 amide bonds. The minimum Gasteiger partial charge on any atom is -0.491 e. The molecule has 0 unspecified atom stereocenters. The summed E-state index contributed by atoms with van der Waals surface area (Å²) in [6, 6.07) is 12.9. The van der Waals surface area contributed by atoms with Crippen molar-refractivity contribution in [1.29, 1.82) is 0 Å². The van der Waals surface area contributed by atoms with Crippen molar-refractivity contribution in [2.24, 2.45) is 0 Å². The van der Waals surface area contributed by atoms with E-state index in [1.54, 1.807) is 18.2 Å². The zero-order chi connectivity index (χ0) is 20.9. The molecule has 160 valence electrons. The highest BCUT2D eigenvalue weighted by Crippen LogP contribution is 2.22. The molecule has 1 atom stereocenters. The third-order valence-corrected chi connectivity index (χ3v) is 5.76. The number of carbonyl (C=O) groups is 1. The van der Waals surface area contributed by atoms with Gasteiger partial charge in [-0.3, -0.25) is 9.69 Å². The van der Waals surface area contributed by atoms with Crippen molar-refractivity contribution in [3.8, 4) is 5.75 Å². The zero-order valence-electron chi connectivity index (χ0n) is 16.8. The number of morpholine rings is 1. The highest BCUT2D eigenvalue weighted by atomic mass is 19.1. The number of hydrogen-bond donors (Lipinski definition) is 0. The van der Waals surface area contributed by atoms with Gasteiger partial charge < -0.3 is 14.4 Å². The Morgan fingerprint density at radius 1 is 1.03 bits per heavy atom. The van der Waals surface area contributed by atoms with Crippen molar-refractivity contribution in [3.05, 3.63) is 65.7 Å². The summed E-state index contributed by atoms with van der Waals surface area (Å²) < 4.78 is 38.2. The molecule has 5 nitrogen and oxygen atoms in total. The standard InChI is InChI=1S/C23H26F2N2O3/c24-18-5-7-20(8-6-18)29-15-21-14-27(23(28)16-30-21)19-9-11-26(12-10-19)13-17-3-1-2-4-22(17)25/h1-8,19,21H,9-16H2/t21-/m1/s1. The largest absolute Gasteiger partial charge is 0.491 e. The van der Waals surface area contributed by atoms with Gasteiger partial charge in [0.1, 0.15) is 36.7 Å². The molecule has 0 radical (unpaired) electrons. The molecule has 0 aromatic heterocycles. The summed E-state index contributed by atoms with van der Waals surface area (Å²) in [4.78, 5) is 16.6. The Labute approximate surface area is 175 Å². The molecule has 0 saturated carbocycles. The monoisotopic (exact) mass is 416 g/mol. The van der Waals surface area contributed by atoms with Crippen LogP contribution in [0.3, 0.4) is 0 Å². The number of halogens is 2. The summed E-state index contributed by atoms with van der Waals surface area (Å²) >= 11 is 0. The molecule has 0 bridgehead atoms. The maximum atomic E-state index is 13.9. The lowest BCUT2D eigenvalue weighted by Crippen LogP contribution is -2.55. The fourth-order valence-corrected chi connectivity index (χ4v) is 4.08. The van der Waals surface area contributed by atoms with Gasteiger partial charge in [0.05, 0.1) is 6.54 Å². The number of rotatable bonds is 6. The second-order valence-electron chi connectivity index (χ2n) is 7.84. The van der Waals surface area contributed by atoms with E-state index in [9.17, 15) is 13.6 Å². The van der Waals surface area contributed by atoms with Crippen LogP contribution < -0.4 is 4.74 Å². The van der Waals surface area contributed by atoms with E-state index >= 15 is 0 Å². The molecule has 0 N–H and O–H groups in total. The second kappa shape index (κ2) is 9.53. The van der Waals surface area contributed by atoms with Gasteiger partial charge in [-0.2, -0.15) is 0 Å². The van der Waals surface area contributed by atoms with E-state index in [2.05, 4.69) is 4.90 Å². The van der Waals surface area contributed by atoms with Gasteiger partial charge in [0, 0.05) is 31.2 Å². The van der Waals surface area contributed by atoms with E-state index in [4.69, 9.17) is 9.47 Å². The van der Waals surface area contributed by atoms with Crippen LogP contribution >= 0.6 is 0 Å². The zero-order valence-corrected chi connectivity index (χ0v) is 16.8. The summed E-state index contributed by atoms with van der Waals surface area (Å²) in [6.07, 6.45) is 1.49. The van der Waals surface area contributed by atoms with E-state index in [-0.39, 0.29) is 36.3 Å². The SMILES string of the molecule is O=C1CO[C@@H](COc2ccc(F)cc2)CN1C1CCN(Cc2ccccc2F)CC1. The van der Waals surface area contributed by atoms with E-state index in [0.29, 0.717) is 31.0 Å². The Balaban J connectivity index is 1.27. The van der Waals surface area contributed by atoms with Crippen molar-refractivity contribution in [2.75, 3.05) is 32.8 Å². The van der Waals surface area contributed by atoms with Gasteiger partial charge in [-0.15, -0.1) is 0 Å². The van der Waals surface area contributed by atoms with Crippen LogP contribution in [0.15, 0.2) is 48.5 Å². The van der Waals surface area contributed by atoms with Crippen LogP contribution in [0.5, 0.6) is 5.75 Å². The highest BCUT2D eigenvalue weighted by Gasteiger charge is 2.33. The predicted octanol–water partition coefficient (Wildman–Crippen LogP) is 3.24. The van der Waals surface area contributed by atoms with Gasteiger partial charge >= 0.3 is 0 Å². The molecule has 0 spiro atoms. The summed E-state index contributed by atoms with van der Waals surface area (Å²) in [6.45, 7) is 3.07. The molecule has 7 heteroatoms. The molecule has 2 heterocycles. The first-order valence-electron chi connectivity index (χ1n) is 10.3. The van der Waals surface area contributed by atoms with Gasteiger partial charge in [-0.25, -0.2) is 8.78 Å². The van der Waals surface area contributed by atoms with Crippen LogP contribution in [0.2, 0.25) is 0 Å². The molecule has 2 fully saturated rings. The van der Waals surface area contributed by atoms with E-state index in [1.165, 1.54) is 18.2 Å². The Morgan fingerprint density at radius 3 is 2.50 bits per heavy atom. The number of piperidine rings is 1. The molecular weight excluding hydrogens is 390 g/mol. The lowest BCUT2D eigenvalue weighted by Gasteiger charge is -2.42. The van der Waals surface area contributed by atoms with Crippen molar-refractivity contribution < 1.29 is 23.0 Å². The highest BCUT2D eigenvalue weighted by molar-refractivity contribution is 5.78. The summed E-state index contributed by atoms with van der Waals surface area (Å²) in [5.41, 5.74) is 0.705. The number of benzene rings is 2. The molecule has 2 saturated heterocycles. The smallest absolute Gasteiger partial charge is 0.248 e. The third-order valence-electron chi connectivity index (χ3n) is 5.76. The van der Waals surface area contributed by atoms with E-state index < -0.39 is 0 Å². The summed E-state index contributed by atoms with van der Waals surface area (Å²) in [5.74, 6) is 0.0897. The Morgan fingerprint density at radius 2 is 1.77 bits per heavy atom. The van der Waals surface area contributed by atoms with Crippen LogP contribution in [-0.4, -0.2) is 60.7 Å². The lowest BCUT2D eigenvalue weighted by atomic mass is 10.0. The normalized spacial score (nSPS) is 21.1. The van der Waals surface area contributed by atoms with Gasteiger partial charge in [0.25, 0.3) is 0 Å². The van der Waals surface area contributed by atoms with Crippen LogP contribution in [0.4, 0.5) is 8.78 Å². The first kappa shape index (κ1) is 20.8. The average Bonchev–Trinajstić information content (AvgIpc) is 2.76. The molecule has 2 aromatic carbocycles. The minimum absolute atomic E-state index is 0.000543. The maximum absolute atomic E-state index is 13.9. The number of carbonyl (C=O) groups excluding carboxylic acids is 1. The lowest BCUT2D eigenvalue weighted by molar-refractivity contribution is -0.155. The van der Waals surface area contributed by atoms with Crippen LogP contribution in [0.25, 0.3) is 0 Å². The molecule has 0 aliphatic carbocycles. The summed E-state index contributed by atoms with van der Waals surface area (Å²) in [7, 11) is 0. The van der Waals surface area contributed by atoms with E-state index in [1.807, 2.05) is 17.0 Å². The van der Waals surface area contributed by atoms with Crippen LogP contribution in [0.1, 0.15) is 18.4 Å². The van der Waals surface area contributed by atoms with Crippen molar-refractivity contribution >= 4 is 5.91 Å². The number of hydrogen-bond acceptors (Lipinski definition) is 4. The quantitative estimate of drug-likeness (QED) is 0.725. The molecule has 2 aliphatic rings. The number of amides is 1. The average molecular weight is 416 g/mol. The Kier molecular flexibility index (Phi) is 6.59. The van der Waals surface area contributed by atoms with Gasteiger partial charge in [-0.1, -0.05) is 18.2 Å². The molecular formula is C23H26F2N2O3. The van der Waals surface area contributed by atoms with Crippen LogP contribution in [-0.2, 0) is 16.1 Å². The summed E-state index contributed by atoms with van der Waals surface area (Å²) in [5, 5.41) is 0.